The standard InChI is InChI=1S/C21H24O10/c22-8-16-17(26)18(27)19(28)21(31-16)29-11-5-13(24)12-7-14(25)20(30-15(12)6-11)9-1-3-10(23)4-2-9/h1-6,14,16-28H,7-8H2. The fourth-order valence-electron chi connectivity index (χ4n) is 3.77. The third-order valence-corrected chi connectivity index (χ3v) is 5.50. The first-order chi connectivity index (χ1) is 14.8. The predicted molar refractivity (Wildman–Crippen MR) is 104 cm³/mol. The number of aliphatic hydroxyl groups is 5. The zero-order valence-electron chi connectivity index (χ0n) is 16.3. The topological polar surface area (TPSA) is 169 Å². The van der Waals surface area contributed by atoms with Crippen LogP contribution < -0.4 is 9.47 Å². The van der Waals surface area contributed by atoms with Gasteiger partial charge >= 0.3 is 0 Å². The number of benzene rings is 2. The molecule has 7 unspecified atom stereocenters. The molecule has 4 rings (SSSR count). The molecule has 0 radical (unpaired) electrons. The third-order valence-electron chi connectivity index (χ3n) is 5.50. The lowest BCUT2D eigenvalue weighted by Gasteiger charge is -2.39. The summed E-state index contributed by atoms with van der Waals surface area (Å²) in [7, 11) is 0. The molecule has 0 aromatic heterocycles. The SMILES string of the molecule is OCC1OC(Oc2cc(O)c3c(c2)OC(c2ccc(O)cc2)C(O)C3)C(O)C(O)C1O. The van der Waals surface area contributed by atoms with E-state index < -0.39 is 49.5 Å². The van der Waals surface area contributed by atoms with Gasteiger partial charge in [0, 0.05) is 24.1 Å². The van der Waals surface area contributed by atoms with Crippen LogP contribution in [-0.2, 0) is 11.2 Å². The molecule has 7 atom stereocenters. The summed E-state index contributed by atoms with van der Waals surface area (Å²) in [6.45, 7) is -0.602. The average molecular weight is 436 g/mol. The van der Waals surface area contributed by atoms with Gasteiger partial charge in [0.15, 0.2) is 0 Å². The third kappa shape index (κ3) is 4.13. The smallest absolute Gasteiger partial charge is 0.229 e. The molecule has 2 aliphatic heterocycles. The van der Waals surface area contributed by atoms with Crippen LogP contribution in [-0.4, -0.2) is 79.2 Å². The molecule has 0 aliphatic carbocycles. The minimum atomic E-state index is -1.61. The molecule has 0 amide bonds. The summed E-state index contributed by atoms with van der Waals surface area (Å²) in [5, 5.41) is 69.6. The van der Waals surface area contributed by atoms with Crippen molar-refractivity contribution in [2.24, 2.45) is 0 Å². The van der Waals surface area contributed by atoms with Crippen molar-refractivity contribution < 1.29 is 50.0 Å². The largest absolute Gasteiger partial charge is 0.508 e. The summed E-state index contributed by atoms with van der Waals surface area (Å²) in [6.07, 6.45) is -8.89. The Morgan fingerprint density at radius 3 is 2.32 bits per heavy atom. The summed E-state index contributed by atoms with van der Waals surface area (Å²) in [5.41, 5.74) is 0.986. The minimum Gasteiger partial charge on any atom is -0.508 e. The molecule has 1 saturated heterocycles. The van der Waals surface area contributed by atoms with E-state index in [9.17, 15) is 35.7 Å². The maximum absolute atomic E-state index is 10.5. The van der Waals surface area contributed by atoms with Crippen LogP contribution in [0.5, 0.6) is 23.0 Å². The molecule has 2 aromatic rings. The molecule has 2 aromatic carbocycles. The molecule has 10 nitrogen and oxygen atoms in total. The summed E-state index contributed by atoms with van der Waals surface area (Å²) in [4.78, 5) is 0. The Bertz CT molecular complexity index is 915. The van der Waals surface area contributed by atoms with Gasteiger partial charge in [0.25, 0.3) is 0 Å². The number of hydrogen-bond acceptors (Lipinski definition) is 10. The Hall–Kier alpha value is -2.60. The number of fused-ring (bicyclic) bond motifs is 1. The lowest BCUT2D eigenvalue weighted by Crippen LogP contribution is -2.60. The monoisotopic (exact) mass is 436 g/mol. The fourth-order valence-corrected chi connectivity index (χ4v) is 3.77. The molecule has 1 fully saturated rings. The van der Waals surface area contributed by atoms with Crippen molar-refractivity contribution in [2.75, 3.05) is 6.61 Å². The lowest BCUT2D eigenvalue weighted by atomic mass is 9.94. The van der Waals surface area contributed by atoms with Gasteiger partial charge in [-0.3, -0.25) is 0 Å². The van der Waals surface area contributed by atoms with E-state index in [1.807, 2.05) is 0 Å². The molecule has 2 heterocycles. The second kappa shape index (κ2) is 8.50. The highest BCUT2D eigenvalue weighted by Gasteiger charge is 2.45. The summed E-state index contributed by atoms with van der Waals surface area (Å²) in [5.74, 6) is 0.145. The van der Waals surface area contributed by atoms with Gasteiger partial charge in [-0.25, -0.2) is 0 Å². The van der Waals surface area contributed by atoms with E-state index in [1.54, 1.807) is 12.1 Å². The van der Waals surface area contributed by atoms with Crippen LogP contribution in [0.4, 0.5) is 0 Å². The molecule has 31 heavy (non-hydrogen) atoms. The van der Waals surface area contributed by atoms with Crippen LogP contribution in [0.2, 0.25) is 0 Å². The van der Waals surface area contributed by atoms with Crippen molar-refractivity contribution >= 4 is 0 Å². The average Bonchev–Trinajstić information content (AvgIpc) is 2.75. The highest BCUT2D eigenvalue weighted by molar-refractivity contribution is 5.52. The first-order valence-corrected chi connectivity index (χ1v) is 9.75. The van der Waals surface area contributed by atoms with Crippen LogP contribution in [0.3, 0.4) is 0 Å². The fraction of sp³-hybridized carbons (Fsp3) is 0.429. The van der Waals surface area contributed by atoms with Crippen molar-refractivity contribution in [2.45, 2.75) is 49.3 Å². The molecule has 7 N–H and O–H groups in total. The zero-order valence-corrected chi connectivity index (χ0v) is 16.3. The minimum absolute atomic E-state index is 0.0430. The van der Waals surface area contributed by atoms with Gasteiger partial charge in [-0.2, -0.15) is 0 Å². The number of rotatable bonds is 4. The number of phenols is 2. The summed E-state index contributed by atoms with van der Waals surface area (Å²) in [6, 6.07) is 8.85. The van der Waals surface area contributed by atoms with E-state index in [2.05, 4.69) is 0 Å². The number of ether oxygens (including phenoxy) is 3. The molecule has 10 heteroatoms. The molecular weight excluding hydrogens is 412 g/mol. The van der Waals surface area contributed by atoms with Gasteiger partial charge in [-0.1, -0.05) is 12.1 Å². The van der Waals surface area contributed by atoms with Crippen molar-refractivity contribution in [3.05, 3.63) is 47.5 Å². The number of aromatic hydroxyl groups is 2. The Morgan fingerprint density at radius 2 is 1.65 bits per heavy atom. The highest BCUT2D eigenvalue weighted by Crippen LogP contribution is 2.42. The Morgan fingerprint density at radius 1 is 0.935 bits per heavy atom. The highest BCUT2D eigenvalue weighted by atomic mass is 16.7. The van der Waals surface area contributed by atoms with Crippen molar-refractivity contribution in [3.63, 3.8) is 0 Å². The molecule has 0 saturated carbocycles. The molecular formula is C21H24O10. The zero-order chi connectivity index (χ0) is 22.3. The Kier molecular flexibility index (Phi) is 5.93. The van der Waals surface area contributed by atoms with E-state index in [0.717, 1.165) is 0 Å². The van der Waals surface area contributed by atoms with Gasteiger partial charge < -0.3 is 50.0 Å². The number of aliphatic hydroxyl groups excluding tert-OH is 5. The van der Waals surface area contributed by atoms with Crippen LogP contribution in [0.25, 0.3) is 0 Å². The molecule has 2 aliphatic rings. The van der Waals surface area contributed by atoms with E-state index in [4.69, 9.17) is 14.2 Å². The van der Waals surface area contributed by atoms with Crippen molar-refractivity contribution in [3.8, 4) is 23.0 Å². The second-order valence-electron chi connectivity index (χ2n) is 7.64. The number of phenolic OH excluding ortho intramolecular Hbond substituents is 2. The van der Waals surface area contributed by atoms with Gasteiger partial charge in [0.1, 0.15) is 53.5 Å². The lowest BCUT2D eigenvalue weighted by molar-refractivity contribution is -0.277. The number of hydrogen-bond donors (Lipinski definition) is 7. The van der Waals surface area contributed by atoms with Crippen LogP contribution >= 0.6 is 0 Å². The first-order valence-electron chi connectivity index (χ1n) is 9.75. The van der Waals surface area contributed by atoms with Gasteiger partial charge in [-0.05, 0) is 17.7 Å². The maximum atomic E-state index is 10.5. The second-order valence-corrected chi connectivity index (χ2v) is 7.64. The van der Waals surface area contributed by atoms with E-state index in [-0.39, 0.29) is 29.4 Å². The normalized spacial score (nSPS) is 32.7. The van der Waals surface area contributed by atoms with E-state index >= 15 is 0 Å². The van der Waals surface area contributed by atoms with Crippen molar-refractivity contribution in [1.82, 2.24) is 0 Å². The molecule has 168 valence electrons. The van der Waals surface area contributed by atoms with Gasteiger partial charge in [-0.15, -0.1) is 0 Å². The van der Waals surface area contributed by atoms with E-state index in [1.165, 1.54) is 24.3 Å². The first kappa shape index (κ1) is 21.6. The summed E-state index contributed by atoms with van der Waals surface area (Å²) < 4.78 is 16.8. The van der Waals surface area contributed by atoms with Gasteiger partial charge in [0.2, 0.25) is 6.29 Å². The quantitative estimate of drug-likeness (QED) is 0.326. The summed E-state index contributed by atoms with van der Waals surface area (Å²) >= 11 is 0. The molecule has 0 bridgehead atoms. The van der Waals surface area contributed by atoms with Gasteiger partial charge in [0.05, 0.1) is 12.7 Å². The van der Waals surface area contributed by atoms with Crippen LogP contribution in [0, 0.1) is 0 Å². The predicted octanol–water partition coefficient (Wildman–Crippen LogP) is -0.686. The molecule has 0 spiro atoms. The van der Waals surface area contributed by atoms with E-state index in [0.29, 0.717) is 11.1 Å². The van der Waals surface area contributed by atoms with Crippen molar-refractivity contribution in [1.29, 1.82) is 0 Å². The Balaban J connectivity index is 1.58. The maximum Gasteiger partial charge on any atom is 0.229 e. The Labute approximate surface area is 177 Å². The van der Waals surface area contributed by atoms with Crippen LogP contribution in [0.1, 0.15) is 17.2 Å². The van der Waals surface area contributed by atoms with Crippen LogP contribution in [0.15, 0.2) is 36.4 Å².